The van der Waals surface area contributed by atoms with Gasteiger partial charge in [-0.15, -0.1) is 5.10 Å². The Hall–Kier alpha value is -4.07. The molecule has 2 aromatic heterocycles. The van der Waals surface area contributed by atoms with Crippen molar-refractivity contribution < 1.29 is 9.59 Å². The smallest absolute Gasteiger partial charge is 0.266 e. The molecule has 144 valence electrons. The molecule has 0 aliphatic heterocycles. The topological polar surface area (TPSA) is 102 Å². The molecule has 0 radical (unpaired) electrons. The van der Waals surface area contributed by atoms with Gasteiger partial charge in [0.25, 0.3) is 11.8 Å². The first-order valence-electron chi connectivity index (χ1n) is 8.99. The number of para-hydroxylation sites is 1. The summed E-state index contributed by atoms with van der Waals surface area (Å²) in [6.45, 7) is 3.73. The predicted octanol–water partition coefficient (Wildman–Crippen LogP) is 2.51. The first-order valence-corrected chi connectivity index (χ1v) is 8.99. The van der Waals surface area contributed by atoms with E-state index in [0.717, 1.165) is 16.6 Å². The van der Waals surface area contributed by atoms with E-state index in [1.165, 1.54) is 0 Å². The van der Waals surface area contributed by atoms with E-state index in [9.17, 15) is 9.59 Å². The Bertz CT molecular complexity index is 1210. The number of carbonyl (C=O) groups is 2. The van der Waals surface area contributed by atoms with E-state index in [4.69, 9.17) is 0 Å². The van der Waals surface area contributed by atoms with Gasteiger partial charge in [-0.2, -0.15) is 0 Å². The molecule has 29 heavy (non-hydrogen) atoms. The fourth-order valence-corrected chi connectivity index (χ4v) is 2.90. The average Bonchev–Trinajstić information content (AvgIpc) is 3.13. The molecule has 0 aliphatic rings. The summed E-state index contributed by atoms with van der Waals surface area (Å²) in [6, 6.07) is 18.6. The largest absolute Gasteiger partial charge is 0.292 e. The Morgan fingerprint density at radius 2 is 1.59 bits per heavy atom. The number of hydrogen-bond acceptors (Lipinski definition) is 5. The minimum Gasteiger partial charge on any atom is -0.266 e. The van der Waals surface area contributed by atoms with E-state index in [0.29, 0.717) is 11.2 Å². The maximum atomic E-state index is 12.5. The van der Waals surface area contributed by atoms with Crippen LogP contribution in [0.1, 0.15) is 32.2 Å². The van der Waals surface area contributed by atoms with E-state index in [1.54, 1.807) is 23.7 Å². The van der Waals surface area contributed by atoms with Crippen LogP contribution in [0.3, 0.4) is 0 Å². The van der Waals surface area contributed by atoms with Crippen molar-refractivity contribution >= 4 is 22.7 Å². The Labute approximate surface area is 166 Å². The van der Waals surface area contributed by atoms with Crippen LogP contribution in [0, 0.1) is 13.8 Å². The SMILES string of the molecule is Cc1ccc(-n2nnc(C(=O)NNC(=O)c3ccc4ccccc4n3)c2C)cc1. The van der Waals surface area contributed by atoms with E-state index < -0.39 is 11.8 Å². The van der Waals surface area contributed by atoms with Crippen LogP contribution < -0.4 is 10.9 Å². The minimum absolute atomic E-state index is 0.123. The third-order valence-electron chi connectivity index (χ3n) is 4.51. The van der Waals surface area contributed by atoms with Gasteiger partial charge in [-0.1, -0.05) is 47.2 Å². The number of rotatable bonds is 3. The lowest BCUT2D eigenvalue weighted by molar-refractivity contribution is 0.0841. The van der Waals surface area contributed by atoms with E-state index in [-0.39, 0.29) is 11.4 Å². The Balaban J connectivity index is 1.46. The lowest BCUT2D eigenvalue weighted by atomic mass is 10.2. The van der Waals surface area contributed by atoms with Gasteiger partial charge in [0.05, 0.1) is 16.9 Å². The van der Waals surface area contributed by atoms with Crippen molar-refractivity contribution in [1.29, 1.82) is 0 Å². The van der Waals surface area contributed by atoms with Crippen LogP contribution in [0.4, 0.5) is 0 Å². The van der Waals surface area contributed by atoms with Crippen LogP contribution in [0.25, 0.3) is 16.6 Å². The highest BCUT2D eigenvalue weighted by atomic mass is 16.2. The molecule has 8 heteroatoms. The molecule has 4 rings (SSSR count). The fourth-order valence-electron chi connectivity index (χ4n) is 2.90. The molecule has 0 atom stereocenters. The van der Waals surface area contributed by atoms with Crippen molar-refractivity contribution in [3.05, 3.63) is 83.3 Å². The van der Waals surface area contributed by atoms with E-state index >= 15 is 0 Å². The highest BCUT2D eigenvalue weighted by Gasteiger charge is 2.18. The maximum absolute atomic E-state index is 12.5. The van der Waals surface area contributed by atoms with Gasteiger partial charge in [0, 0.05) is 5.39 Å². The molecule has 2 heterocycles. The van der Waals surface area contributed by atoms with Crippen molar-refractivity contribution in [3.63, 3.8) is 0 Å². The molecule has 0 unspecified atom stereocenters. The Kier molecular flexibility index (Phi) is 4.74. The third-order valence-corrected chi connectivity index (χ3v) is 4.51. The number of fused-ring (bicyclic) bond motifs is 1. The van der Waals surface area contributed by atoms with Gasteiger partial charge in [-0.25, -0.2) is 9.67 Å². The highest BCUT2D eigenvalue weighted by Crippen LogP contribution is 2.13. The molecular formula is C21H18N6O2. The number of aryl methyl sites for hydroxylation is 1. The number of nitrogens with one attached hydrogen (secondary N) is 2. The first kappa shape index (κ1) is 18.3. The predicted molar refractivity (Wildman–Crippen MR) is 108 cm³/mol. The van der Waals surface area contributed by atoms with Crippen LogP contribution in [-0.2, 0) is 0 Å². The number of amides is 2. The summed E-state index contributed by atoms with van der Waals surface area (Å²) in [5.41, 5.74) is 8.23. The fraction of sp³-hybridized carbons (Fsp3) is 0.0952. The number of benzene rings is 2. The summed E-state index contributed by atoms with van der Waals surface area (Å²) in [6.07, 6.45) is 0. The summed E-state index contributed by atoms with van der Waals surface area (Å²) >= 11 is 0. The van der Waals surface area contributed by atoms with Gasteiger partial charge < -0.3 is 0 Å². The molecule has 0 spiro atoms. The minimum atomic E-state index is -0.560. The quantitative estimate of drug-likeness (QED) is 0.527. The number of hydrazine groups is 1. The van der Waals surface area contributed by atoms with Crippen LogP contribution in [0.15, 0.2) is 60.7 Å². The summed E-state index contributed by atoms with van der Waals surface area (Å²) in [7, 11) is 0. The molecule has 0 fully saturated rings. The van der Waals surface area contributed by atoms with Crippen LogP contribution in [-0.4, -0.2) is 31.8 Å². The highest BCUT2D eigenvalue weighted by molar-refractivity contribution is 5.98. The molecule has 0 saturated carbocycles. The lowest BCUT2D eigenvalue weighted by Crippen LogP contribution is -2.42. The maximum Gasteiger partial charge on any atom is 0.292 e. The second-order valence-corrected chi connectivity index (χ2v) is 6.57. The number of nitrogens with zero attached hydrogens (tertiary/aromatic N) is 4. The number of hydrogen-bond donors (Lipinski definition) is 2. The van der Waals surface area contributed by atoms with Crippen molar-refractivity contribution in [2.75, 3.05) is 0 Å². The van der Waals surface area contributed by atoms with Gasteiger partial charge in [0.2, 0.25) is 0 Å². The Morgan fingerprint density at radius 1 is 0.862 bits per heavy atom. The normalized spacial score (nSPS) is 10.7. The molecule has 0 saturated heterocycles. The van der Waals surface area contributed by atoms with E-state index in [2.05, 4.69) is 26.1 Å². The monoisotopic (exact) mass is 386 g/mol. The van der Waals surface area contributed by atoms with Crippen molar-refractivity contribution in [2.24, 2.45) is 0 Å². The standard InChI is InChI=1S/C21H18N6O2/c1-13-7-10-16(11-8-13)27-14(2)19(23-26-27)21(29)25-24-20(28)18-12-9-15-5-3-4-6-17(15)22-18/h3-12H,1-2H3,(H,24,28)(H,25,29). The van der Waals surface area contributed by atoms with Crippen molar-refractivity contribution in [2.45, 2.75) is 13.8 Å². The second kappa shape index (κ2) is 7.51. The van der Waals surface area contributed by atoms with Gasteiger partial charge in [-0.3, -0.25) is 20.4 Å². The molecule has 2 amide bonds. The molecule has 4 aromatic rings. The summed E-state index contributed by atoms with van der Waals surface area (Å²) in [5.74, 6) is -1.08. The molecule has 0 bridgehead atoms. The third kappa shape index (κ3) is 3.68. The Morgan fingerprint density at radius 3 is 2.38 bits per heavy atom. The summed E-state index contributed by atoms with van der Waals surface area (Å²) in [4.78, 5) is 29.1. The molecule has 0 aliphatic carbocycles. The van der Waals surface area contributed by atoms with E-state index in [1.807, 2.05) is 55.5 Å². The van der Waals surface area contributed by atoms with Gasteiger partial charge in [0.1, 0.15) is 5.69 Å². The number of carbonyl (C=O) groups excluding carboxylic acids is 2. The lowest BCUT2D eigenvalue weighted by Gasteiger charge is -2.07. The van der Waals surface area contributed by atoms with Crippen LogP contribution in [0.2, 0.25) is 0 Å². The zero-order chi connectivity index (χ0) is 20.4. The number of aromatic nitrogens is 4. The molecule has 8 nitrogen and oxygen atoms in total. The molecular weight excluding hydrogens is 368 g/mol. The summed E-state index contributed by atoms with van der Waals surface area (Å²) in [5, 5.41) is 8.90. The van der Waals surface area contributed by atoms with Crippen LogP contribution >= 0.6 is 0 Å². The zero-order valence-electron chi connectivity index (χ0n) is 15.9. The molecule has 2 N–H and O–H groups in total. The van der Waals surface area contributed by atoms with Crippen molar-refractivity contribution in [1.82, 2.24) is 30.8 Å². The van der Waals surface area contributed by atoms with Gasteiger partial charge in [0.15, 0.2) is 5.69 Å². The second-order valence-electron chi connectivity index (χ2n) is 6.57. The van der Waals surface area contributed by atoms with Gasteiger partial charge in [-0.05, 0) is 38.1 Å². The van der Waals surface area contributed by atoms with Gasteiger partial charge >= 0.3 is 0 Å². The summed E-state index contributed by atoms with van der Waals surface area (Å²) < 4.78 is 1.57. The van der Waals surface area contributed by atoms with Crippen LogP contribution in [0.5, 0.6) is 0 Å². The molecule has 2 aromatic carbocycles. The average molecular weight is 386 g/mol. The first-order chi connectivity index (χ1) is 14.0. The van der Waals surface area contributed by atoms with Crippen molar-refractivity contribution in [3.8, 4) is 5.69 Å². The number of pyridine rings is 1. The zero-order valence-corrected chi connectivity index (χ0v) is 15.9.